The van der Waals surface area contributed by atoms with E-state index in [4.69, 9.17) is 16.3 Å². The van der Waals surface area contributed by atoms with Crippen LogP contribution in [0.1, 0.15) is 12.5 Å². The number of piperazine rings is 1. The zero-order valence-corrected chi connectivity index (χ0v) is 19.5. The molecule has 2 amide bonds. The van der Waals surface area contributed by atoms with Gasteiger partial charge in [0.25, 0.3) is 0 Å². The number of likely N-dealkylation sites (N-methyl/N-ethyl adjacent to an activating group) is 1. The average molecular weight is 459 g/mol. The highest BCUT2D eigenvalue weighted by Gasteiger charge is 2.22. The monoisotopic (exact) mass is 458 g/mol. The van der Waals surface area contributed by atoms with Gasteiger partial charge in [-0.25, -0.2) is 0 Å². The molecule has 0 bridgehead atoms. The molecule has 0 unspecified atom stereocenters. The fourth-order valence-corrected chi connectivity index (χ4v) is 3.78. The molecule has 32 heavy (non-hydrogen) atoms. The summed E-state index contributed by atoms with van der Waals surface area (Å²) in [5.41, 5.74) is 1.69. The van der Waals surface area contributed by atoms with Crippen molar-refractivity contribution in [3.63, 3.8) is 0 Å². The van der Waals surface area contributed by atoms with Gasteiger partial charge in [-0.2, -0.15) is 0 Å². The lowest BCUT2D eigenvalue weighted by Crippen LogP contribution is -2.51. The number of benzene rings is 2. The van der Waals surface area contributed by atoms with Crippen LogP contribution in [0.15, 0.2) is 48.5 Å². The molecule has 0 spiro atoms. The maximum absolute atomic E-state index is 12.6. The van der Waals surface area contributed by atoms with Crippen LogP contribution >= 0.6 is 11.6 Å². The van der Waals surface area contributed by atoms with E-state index in [-0.39, 0.29) is 11.8 Å². The molecule has 0 aliphatic carbocycles. The highest BCUT2D eigenvalue weighted by molar-refractivity contribution is 6.33. The summed E-state index contributed by atoms with van der Waals surface area (Å²) in [6.45, 7) is 6.83. The van der Waals surface area contributed by atoms with Crippen molar-refractivity contribution in [3.05, 3.63) is 59.1 Å². The molecule has 0 aromatic heterocycles. The third-order valence-electron chi connectivity index (χ3n) is 5.42. The van der Waals surface area contributed by atoms with Crippen LogP contribution in [-0.2, 0) is 16.1 Å². The SMILES string of the molecule is CCOc1ccc(CN(C)C(=O)CN2CCN(CC(=O)Nc3ccccc3Cl)CC2)cc1. The van der Waals surface area contributed by atoms with E-state index in [1.165, 1.54) is 0 Å². The molecule has 2 aromatic carbocycles. The lowest BCUT2D eigenvalue weighted by molar-refractivity contribution is -0.132. The molecule has 172 valence electrons. The van der Waals surface area contributed by atoms with Crippen LogP contribution in [-0.4, -0.2) is 79.4 Å². The van der Waals surface area contributed by atoms with E-state index >= 15 is 0 Å². The van der Waals surface area contributed by atoms with Crippen molar-refractivity contribution in [3.8, 4) is 5.75 Å². The largest absolute Gasteiger partial charge is 0.494 e. The van der Waals surface area contributed by atoms with Gasteiger partial charge in [-0.1, -0.05) is 35.9 Å². The molecule has 1 fully saturated rings. The summed E-state index contributed by atoms with van der Waals surface area (Å²) in [6.07, 6.45) is 0. The van der Waals surface area contributed by atoms with Crippen molar-refractivity contribution in [2.75, 3.05) is 58.2 Å². The van der Waals surface area contributed by atoms with Crippen LogP contribution in [0.5, 0.6) is 5.75 Å². The second kappa shape index (κ2) is 11.9. The molecule has 1 heterocycles. The van der Waals surface area contributed by atoms with Crippen molar-refractivity contribution in [2.45, 2.75) is 13.5 Å². The zero-order chi connectivity index (χ0) is 22.9. The number of carbonyl (C=O) groups is 2. The maximum atomic E-state index is 12.6. The number of halogens is 1. The van der Waals surface area contributed by atoms with Crippen molar-refractivity contribution in [1.82, 2.24) is 14.7 Å². The topological polar surface area (TPSA) is 65.1 Å². The van der Waals surface area contributed by atoms with Gasteiger partial charge in [-0.05, 0) is 36.8 Å². The van der Waals surface area contributed by atoms with Gasteiger partial charge in [0, 0.05) is 39.8 Å². The van der Waals surface area contributed by atoms with Crippen LogP contribution in [0.4, 0.5) is 5.69 Å². The van der Waals surface area contributed by atoms with Gasteiger partial charge in [-0.15, -0.1) is 0 Å². The number of para-hydroxylation sites is 1. The Hall–Kier alpha value is -2.61. The fourth-order valence-electron chi connectivity index (χ4n) is 3.59. The number of nitrogens with one attached hydrogen (secondary N) is 1. The molecule has 1 N–H and O–H groups in total. The van der Waals surface area contributed by atoms with E-state index in [9.17, 15) is 9.59 Å². The summed E-state index contributed by atoms with van der Waals surface area (Å²) < 4.78 is 5.46. The minimum atomic E-state index is -0.0854. The van der Waals surface area contributed by atoms with E-state index in [1.807, 2.05) is 50.4 Å². The van der Waals surface area contributed by atoms with Crippen LogP contribution in [0.3, 0.4) is 0 Å². The molecule has 8 heteroatoms. The van der Waals surface area contributed by atoms with E-state index < -0.39 is 0 Å². The number of anilines is 1. The Morgan fingerprint density at radius 1 is 1.00 bits per heavy atom. The number of hydrogen-bond acceptors (Lipinski definition) is 5. The Morgan fingerprint density at radius 3 is 2.25 bits per heavy atom. The molecule has 0 saturated carbocycles. The van der Waals surface area contributed by atoms with Gasteiger partial charge in [0.2, 0.25) is 11.8 Å². The summed E-state index contributed by atoms with van der Waals surface area (Å²) in [6, 6.07) is 15.0. The summed E-state index contributed by atoms with van der Waals surface area (Å²) >= 11 is 6.10. The van der Waals surface area contributed by atoms with Crippen LogP contribution in [0.25, 0.3) is 0 Å². The molecule has 2 aromatic rings. The zero-order valence-electron chi connectivity index (χ0n) is 18.7. The van der Waals surface area contributed by atoms with Gasteiger partial charge < -0.3 is 15.0 Å². The number of ether oxygens (including phenoxy) is 1. The summed E-state index contributed by atoms with van der Waals surface area (Å²) in [5.74, 6) is 0.838. The minimum Gasteiger partial charge on any atom is -0.494 e. The molecule has 1 saturated heterocycles. The van der Waals surface area contributed by atoms with Crippen LogP contribution in [0.2, 0.25) is 5.02 Å². The van der Waals surface area contributed by atoms with Gasteiger partial charge >= 0.3 is 0 Å². The summed E-state index contributed by atoms with van der Waals surface area (Å²) in [5, 5.41) is 3.38. The first-order valence-corrected chi connectivity index (χ1v) is 11.3. The molecule has 0 radical (unpaired) electrons. The Balaban J connectivity index is 1.38. The second-order valence-corrected chi connectivity index (χ2v) is 8.31. The number of rotatable bonds is 9. The Bertz CT molecular complexity index is 898. The number of nitrogens with zero attached hydrogens (tertiary/aromatic N) is 3. The first-order chi connectivity index (χ1) is 15.4. The molecule has 1 aliphatic heterocycles. The van der Waals surface area contributed by atoms with E-state index in [0.29, 0.717) is 37.0 Å². The van der Waals surface area contributed by atoms with Gasteiger partial charge in [-0.3, -0.25) is 19.4 Å². The van der Waals surface area contributed by atoms with Crippen molar-refractivity contribution < 1.29 is 14.3 Å². The molecule has 1 aliphatic rings. The Morgan fingerprint density at radius 2 is 1.62 bits per heavy atom. The lowest BCUT2D eigenvalue weighted by Gasteiger charge is -2.34. The Kier molecular flexibility index (Phi) is 8.90. The smallest absolute Gasteiger partial charge is 0.238 e. The number of carbonyl (C=O) groups excluding carboxylic acids is 2. The third kappa shape index (κ3) is 7.22. The fraction of sp³-hybridized carbons (Fsp3) is 0.417. The highest BCUT2D eigenvalue weighted by Crippen LogP contribution is 2.20. The predicted molar refractivity (Wildman–Crippen MR) is 127 cm³/mol. The average Bonchev–Trinajstić information content (AvgIpc) is 2.78. The summed E-state index contributed by atoms with van der Waals surface area (Å²) in [7, 11) is 1.83. The van der Waals surface area contributed by atoms with E-state index in [2.05, 4.69) is 15.1 Å². The number of amides is 2. The van der Waals surface area contributed by atoms with Gasteiger partial charge in [0.1, 0.15) is 5.75 Å². The standard InChI is InChI=1S/C24H31ClN4O3/c1-3-32-20-10-8-19(9-11-20)16-27(2)24(31)18-29-14-12-28(13-15-29)17-23(30)26-22-7-5-4-6-21(22)25/h4-11H,3,12-18H2,1-2H3,(H,26,30). The number of hydrogen-bond donors (Lipinski definition) is 1. The van der Waals surface area contributed by atoms with Crippen molar-refractivity contribution in [2.24, 2.45) is 0 Å². The van der Waals surface area contributed by atoms with Gasteiger partial charge in [0.15, 0.2) is 0 Å². The third-order valence-corrected chi connectivity index (χ3v) is 5.75. The minimum absolute atomic E-state index is 0.0854. The Labute approximate surface area is 194 Å². The predicted octanol–water partition coefficient (Wildman–Crippen LogP) is 2.95. The molecule has 7 nitrogen and oxygen atoms in total. The summed E-state index contributed by atoms with van der Waals surface area (Å²) in [4.78, 5) is 30.9. The van der Waals surface area contributed by atoms with E-state index in [1.54, 1.807) is 17.0 Å². The maximum Gasteiger partial charge on any atom is 0.238 e. The lowest BCUT2D eigenvalue weighted by atomic mass is 10.2. The second-order valence-electron chi connectivity index (χ2n) is 7.91. The van der Waals surface area contributed by atoms with Gasteiger partial charge in [0.05, 0.1) is 30.4 Å². The van der Waals surface area contributed by atoms with Crippen LogP contribution in [0, 0.1) is 0 Å². The molecule has 3 rings (SSSR count). The quantitative estimate of drug-likeness (QED) is 0.626. The molecular weight excluding hydrogens is 428 g/mol. The highest BCUT2D eigenvalue weighted by atomic mass is 35.5. The molecule has 0 atom stereocenters. The normalized spacial score (nSPS) is 14.7. The van der Waals surface area contributed by atoms with Crippen molar-refractivity contribution >= 4 is 29.1 Å². The first kappa shape index (κ1) is 24.0. The molecular formula is C24H31ClN4O3. The first-order valence-electron chi connectivity index (χ1n) is 10.9. The van der Waals surface area contributed by atoms with E-state index in [0.717, 1.165) is 37.5 Å². The van der Waals surface area contributed by atoms with Crippen LogP contribution < -0.4 is 10.1 Å². The van der Waals surface area contributed by atoms with Crippen molar-refractivity contribution in [1.29, 1.82) is 0 Å².